The molecule has 2 heteroatoms. The lowest BCUT2D eigenvalue weighted by molar-refractivity contribution is -1.12. The molecule has 0 aromatic carbocycles. The Bertz CT molecular complexity index is 157. The van der Waals surface area contributed by atoms with Crippen molar-refractivity contribution in [3.05, 3.63) is 0 Å². The maximum absolute atomic E-state index is 10.2. The van der Waals surface area contributed by atoms with Gasteiger partial charge in [-0.25, -0.2) is 5.21 Å². The summed E-state index contributed by atoms with van der Waals surface area (Å²) in [5, 5.41) is 10.2. The molecule has 2 nitrogen and oxygen atoms in total. The maximum Gasteiger partial charge on any atom is 0.113 e. The number of quaternary nitrogens is 1. The number of hydrogen-bond donors (Lipinski definition) is 1. The van der Waals surface area contributed by atoms with Crippen molar-refractivity contribution in [3.63, 3.8) is 0 Å². The van der Waals surface area contributed by atoms with Gasteiger partial charge in [-0.15, -0.1) is 0 Å². The Labute approximate surface area is 82.1 Å². The molecule has 1 N–H and O–H groups in total. The lowest BCUT2D eigenvalue weighted by atomic mass is 9.86. The smallest absolute Gasteiger partial charge is 0.113 e. The van der Waals surface area contributed by atoms with Gasteiger partial charge in [0, 0.05) is 12.8 Å². The van der Waals surface area contributed by atoms with Crippen LogP contribution in [0.4, 0.5) is 0 Å². The highest BCUT2D eigenvalue weighted by Gasteiger charge is 2.36. The number of hydrogen-bond acceptors (Lipinski definition) is 1. The van der Waals surface area contributed by atoms with Crippen molar-refractivity contribution >= 4 is 0 Å². The minimum Gasteiger partial charge on any atom is -0.217 e. The second-order valence-electron chi connectivity index (χ2n) is 5.11. The Hall–Kier alpha value is -0.0800. The lowest BCUT2D eigenvalue weighted by Gasteiger charge is -2.40. The molecule has 1 rings (SSSR count). The molecule has 0 radical (unpaired) electrons. The minimum absolute atomic E-state index is 0.295. The number of likely N-dealkylation sites (tertiary alicyclic amines) is 1. The molecule has 0 bridgehead atoms. The van der Waals surface area contributed by atoms with Gasteiger partial charge in [-0.1, -0.05) is 13.8 Å². The number of rotatable bonds is 2. The van der Waals surface area contributed by atoms with Gasteiger partial charge in [0.1, 0.15) is 19.1 Å². The van der Waals surface area contributed by atoms with Gasteiger partial charge < -0.3 is 0 Å². The SMILES string of the molecule is CC(C)C1CC[N+](O)(C(C)C)CC1. The Morgan fingerprint density at radius 1 is 1.08 bits per heavy atom. The van der Waals surface area contributed by atoms with E-state index in [2.05, 4.69) is 27.7 Å². The maximum atomic E-state index is 10.2. The van der Waals surface area contributed by atoms with E-state index in [1.165, 1.54) is 12.8 Å². The van der Waals surface area contributed by atoms with Crippen LogP contribution in [0.25, 0.3) is 0 Å². The van der Waals surface area contributed by atoms with Crippen molar-refractivity contribution in [1.29, 1.82) is 0 Å². The summed E-state index contributed by atoms with van der Waals surface area (Å²) in [5.74, 6) is 1.61. The van der Waals surface area contributed by atoms with Gasteiger partial charge in [-0.2, -0.15) is 4.65 Å². The highest BCUT2D eigenvalue weighted by molar-refractivity contribution is 4.67. The van der Waals surface area contributed by atoms with Crippen molar-refractivity contribution in [3.8, 4) is 0 Å². The van der Waals surface area contributed by atoms with Crippen LogP contribution in [0.3, 0.4) is 0 Å². The van der Waals surface area contributed by atoms with E-state index < -0.39 is 0 Å². The van der Waals surface area contributed by atoms with Crippen molar-refractivity contribution in [1.82, 2.24) is 0 Å². The Morgan fingerprint density at radius 2 is 1.54 bits per heavy atom. The van der Waals surface area contributed by atoms with Gasteiger partial charge in [0.25, 0.3) is 0 Å². The standard InChI is InChI=1S/C11H24NO/c1-9(2)11-5-7-12(13,8-6-11)10(3)4/h9-11,13H,5-8H2,1-4H3/q+1. The number of hydroxylamine groups is 3. The highest BCUT2D eigenvalue weighted by atomic mass is 16.5. The summed E-state index contributed by atoms with van der Waals surface area (Å²) < 4.78 is 0.295. The van der Waals surface area contributed by atoms with Crippen LogP contribution in [0.1, 0.15) is 40.5 Å². The monoisotopic (exact) mass is 186 g/mol. The molecule has 1 saturated heterocycles. The van der Waals surface area contributed by atoms with Crippen LogP contribution < -0.4 is 0 Å². The summed E-state index contributed by atoms with van der Waals surface area (Å²) in [5.41, 5.74) is 0. The quantitative estimate of drug-likeness (QED) is 0.657. The van der Waals surface area contributed by atoms with Crippen LogP contribution in [0, 0.1) is 11.8 Å². The van der Waals surface area contributed by atoms with E-state index in [1.807, 2.05) is 0 Å². The van der Waals surface area contributed by atoms with Gasteiger partial charge in [-0.3, -0.25) is 0 Å². The Morgan fingerprint density at radius 3 is 1.85 bits per heavy atom. The molecule has 0 spiro atoms. The van der Waals surface area contributed by atoms with E-state index in [4.69, 9.17) is 0 Å². The van der Waals surface area contributed by atoms with Gasteiger partial charge in [0.2, 0.25) is 0 Å². The third kappa shape index (κ3) is 2.44. The predicted octanol–water partition coefficient (Wildman–Crippen LogP) is 2.67. The van der Waals surface area contributed by atoms with Crippen molar-refractivity contribution < 1.29 is 9.85 Å². The molecule has 0 aromatic rings. The number of piperidine rings is 1. The molecule has 0 atom stereocenters. The van der Waals surface area contributed by atoms with E-state index in [1.54, 1.807) is 0 Å². The first-order chi connectivity index (χ1) is 5.96. The third-order valence-corrected chi connectivity index (χ3v) is 3.68. The van der Waals surface area contributed by atoms with E-state index in [-0.39, 0.29) is 0 Å². The molecular formula is C11H24NO+. The van der Waals surface area contributed by atoms with E-state index >= 15 is 0 Å². The fraction of sp³-hybridized carbons (Fsp3) is 1.00. The zero-order valence-corrected chi connectivity index (χ0v) is 9.45. The van der Waals surface area contributed by atoms with Crippen LogP contribution in [0.5, 0.6) is 0 Å². The third-order valence-electron chi connectivity index (χ3n) is 3.68. The Balaban J connectivity index is 2.47. The zero-order chi connectivity index (χ0) is 10.1. The molecule has 0 unspecified atom stereocenters. The predicted molar refractivity (Wildman–Crippen MR) is 54.5 cm³/mol. The lowest BCUT2D eigenvalue weighted by Crippen LogP contribution is -2.55. The number of nitrogens with zero attached hydrogens (tertiary/aromatic N) is 1. The van der Waals surface area contributed by atoms with Crippen molar-refractivity contribution in [2.24, 2.45) is 11.8 Å². The zero-order valence-electron chi connectivity index (χ0n) is 9.45. The summed E-state index contributed by atoms with van der Waals surface area (Å²) in [7, 11) is 0. The summed E-state index contributed by atoms with van der Waals surface area (Å²) in [6, 6.07) is 0.355. The second kappa shape index (κ2) is 3.97. The molecule has 13 heavy (non-hydrogen) atoms. The fourth-order valence-corrected chi connectivity index (χ4v) is 2.22. The first-order valence-electron chi connectivity index (χ1n) is 5.55. The molecular weight excluding hydrogens is 162 g/mol. The van der Waals surface area contributed by atoms with Crippen LogP contribution in [-0.4, -0.2) is 29.0 Å². The first-order valence-corrected chi connectivity index (χ1v) is 5.55. The molecule has 78 valence electrons. The summed E-state index contributed by atoms with van der Waals surface area (Å²) in [6.07, 6.45) is 2.37. The molecule has 0 saturated carbocycles. The van der Waals surface area contributed by atoms with Gasteiger partial charge in [0.05, 0.1) is 0 Å². The van der Waals surface area contributed by atoms with Crippen LogP contribution in [0.2, 0.25) is 0 Å². The normalized spacial score (nSPS) is 35.8. The summed E-state index contributed by atoms with van der Waals surface area (Å²) in [6.45, 7) is 10.7. The molecule has 1 aliphatic rings. The molecule has 0 aliphatic carbocycles. The molecule has 1 fully saturated rings. The van der Waals surface area contributed by atoms with Crippen molar-refractivity contribution in [2.45, 2.75) is 46.6 Å². The average molecular weight is 186 g/mol. The van der Waals surface area contributed by atoms with E-state index in [9.17, 15) is 5.21 Å². The van der Waals surface area contributed by atoms with Crippen LogP contribution in [0.15, 0.2) is 0 Å². The van der Waals surface area contributed by atoms with Gasteiger partial charge >= 0.3 is 0 Å². The topological polar surface area (TPSA) is 20.2 Å². The van der Waals surface area contributed by atoms with E-state index in [0.29, 0.717) is 10.7 Å². The molecule has 0 amide bonds. The highest BCUT2D eigenvalue weighted by Crippen LogP contribution is 2.28. The molecule has 0 aromatic heterocycles. The van der Waals surface area contributed by atoms with Gasteiger partial charge in [0.15, 0.2) is 0 Å². The average Bonchev–Trinajstić information content (AvgIpc) is 2.04. The van der Waals surface area contributed by atoms with Crippen molar-refractivity contribution in [2.75, 3.05) is 13.1 Å². The van der Waals surface area contributed by atoms with E-state index in [0.717, 1.165) is 24.9 Å². The Kier molecular flexibility index (Phi) is 3.36. The van der Waals surface area contributed by atoms with Crippen LogP contribution >= 0.6 is 0 Å². The summed E-state index contributed by atoms with van der Waals surface area (Å²) >= 11 is 0. The second-order valence-corrected chi connectivity index (χ2v) is 5.11. The summed E-state index contributed by atoms with van der Waals surface area (Å²) in [4.78, 5) is 0. The first kappa shape index (κ1) is 11.0. The van der Waals surface area contributed by atoms with Crippen LogP contribution in [-0.2, 0) is 0 Å². The molecule has 1 heterocycles. The van der Waals surface area contributed by atoms with Gasteiger partial charge in [-0.05, 0) is 25.7 Å². The molecule has 1 aliphatic heterocycles. The fourth-order valence-electron chi connectivity index (χ4n) is 2.22. The minimum atomic E-state index is 0.295. The largest absolute Gasteiger partial charge is 0.217 e.